The fourth-order valence-electron chi connectivity index (χ4n) is 2.13. The lowest BCUT2D eigenvalue weighted by Gasteiger charge is -2.35. The minimum Gasteiger partial charge on any atom is -0.481 e. The second-order valence-electron chi connectivity index (χ2n) is 6.29. The van der Waals surface area contributed by atoms with Crippen molar-refractivity contribution in [1.82, 2.24) is 15.5 Å². The Bertz CT molecular complexity index is 401. The van der Waals surface area contributed by atoms with E-state index in [1.807, 2.05) is 18.7 Å². The number of nitrogens with one attached hydrogen (secondary N) is 2. The molecule has 7 nitrogen and oxygen atoms in total. The summed E-state index contributed by atoms with van der Waals surface area (Å²) in [4.78, 5) is 36.2. The lowest BCUT2D eigenvalue weighted by Crippen LogP contribution is -2.49. The number of piperidine rings is 1. The van der Waals surface area contributed by atoms with E-state index in [1.165, 1.54) is 0 Å². The number of hydrogen-bond donors (Lipinski definition) is 3. The van der Waals surface area contributed by atoms with Crippen molar-refractivity contribution >= 4 is 17.9 Å². The molecule has 0 bridgehead atoms. The maximum Gasteiger partial charge on any atom is 0.321 e. The van der Waals surface area contributed by atoms with Crippen molar-refractivity contribution in [3.63, 3.8) is 0 Å². The quantitative estimate of drug-likeness (QED) is 0.692. The van der Waals surface area contributed by atoms with E-state index in [2.05, 4.69) is 10.6 Å². The first-order chi connectivity index (χ1) is 9.73. The van der Waals surface area contributed by atoms with E-state index >= 15 is 0 Å². The smallest absolute Gasteiger partial charge is 0.321 e. The van der Waals surface area contributed by atoms with Gasteiger partial charge in [-0.1, -0.05) is 13.8 Å². The van der Waals surface area contributed by atoms with Gasteiger partial charge in [0.25, 0.3) is 0 Å². The Balaban J connectivity index is 2.31. The first-order valence-corrected chi connectivity index (χ1v) is 7.26. The molecule has 3 N–H and O–H groups in total. The summed E-state index contributed by atoms with van der Waals surface area (Å²) in [6.45, 7) is 7.38. The zero-order chi connectivity index (χ0) is 16.0. The third kappa shape index (κ3) is 5.71. The standard InChI is InChI=1S/C14H25N3O4/c1-10(2)8-15-13(21)16-11(18)9-17-6-4-14(3,5-7-17)12(19)20/h10H,4-9H2,1-3H3,(H,19,20)(H2,15,16,18,21). The lowest BCUT2D eigenvalue weighted by molar-refractivity contribution is -0.150. The van der Waals surface area contributed by atoms with Gasteiger partial charge < -0.3 is 10.4 Å². The fourth-order valence-corrected chi connectivity index (χ4v) is 2.13. The number of nitrogens with zero attached hydrogens (tertiary/aromatic N) is 1. The van der Waals surface area contributed by atoms with Crippen molar-refractivity contribution < 1.29 is 19.5 Å². The highest BCUT2D eigenvalue weighted by atomic mass is 16.4. The summed E-state index contributed by atoms with van der Waals surface area (Å²) in [6.07, 6.45) is 1.02. The molecule has 21 heavy (non-hydrogen) atoms. The van der Waals surface area contributed by atoms with Crippen LogP contribution in [0.5, 0.6) is 0 Å². The Morgan fingerprint density at radius 1 is 1.24 bits per heavy atom. The molecule has 1 fully saturated rings. The third-order valence-corrected chi connectivity index (χ3v) is 3.77. The highest BCUT2D eigenvalue weighted by Crippen LogP contribution is 2.30. The Morgan fingerprint density at radius 2 is 1.81 bits per heavy atom. The molecule has 0 atom stereocenters. The van der Waals surface area contributed by atoms with E-state index in [0.29, 0.717) is 38.4 Å². The molecule has 1 aliphatic heterocycles. The average molecular weight is 299 g/mol. The van der Waals surface area contributed by atoms with Gasteiger partial charge in [-0.15, -0.1) is 0 Å². The molecule has 0 radical (unpaired) electrons. The predicted octanol–water partition coefficient (Wildman–Crippen LogP) is 0.655. The van der Waals surface area contributed by atoms with Gasteiger partial charge in [0, 0.05) is 6.54 Å². The van der Waals surface area contributed by atoms with Crippen LogP contribution in [0.4, 0.5) is 4.79 Å². The second-order valence-corrected chi connectivity index (χ2v) is 6.29. The topological polar surface area (TPSA) is 98.7 Å². The first kappa shape index (κ1) is 17.4. The molecule has 0 aromatic carbocycles. The SMILES string of the molecule is CC(C)CNC(=O)NC(=O)CN1CCC(C)(C(=O)O)CC1. The van der Waals surface area contributed by atoms with Crippen molar-refractivity contribution in [3.8, 4) is 0 Å². The number of rotatable bonds is 5. The number of imide groups is 1. The molecule has 0 spiro atoms. The average Bonchev–Trinajstić information content (AvgIpc) is 2.39. The Kier molecular flexibility index (Phi) is 6.14. The normalized spacial score (nSPS) is 18.3. The zero-order valence-electron chi connectivity index (χ0n) is 12.9. The summed E-state index contributed by atoms with van der Waals surface area (Å²) in [5, 5.41) is 14.0. The number of urea groups is 1. The molecule has 7 heteroatoms. The van der Waals surface area contributed by atoms with E-state index in [9.17, 15) is 14.4 Å². The number of likely N-dealkylation sites (tertiary alicyclic amines) is 1. The van der Waals surface area contributed by atoms with Crippen molar-refractivity contribution in [3.05, 3.63) is 0 Å². The summed E-state index contributed by atoms with van der Waals surface area (Å²) in [5.41, 5.74) is -0.707. The van der Waals surface area contributed by atoms with E-state index in [0.717, 1.165) is 0 Å². The molecule has 0 saturated carbocycles. The number of carbonyl (C=O) groups excluding carboxylic acids is 2. The number of carboxylic acid groups (broad SMARTS) is 1. The molecular weight excluding hydrogens is 274 g/mol. The van der Waals surface area contributed by atoms with Gasteiger partial charge in [0.1, 0.15) is 0 Å². The number of amides is 3. The molecule has 120 valence electrons. The molecular formula is C14H25N3O4. The van der Waals surface area contributed by atoms with E-state index in [1.54, 1.807) is 6.92 Å². The largest absolute Gasteiger partial charge is 0.481 e. The second kappa shape index (κ2) is 7.40. The number of hydrogen-bond acceptors (Lipinski definition) is 4. The molecule has 0 unspecified atom stereocenters. The zero-order valence-corrected chi connectivity index (χ0v) is 12.9. The van der Waals surface area contributed by atoms with Gasteiger partial charge in [-0.2, -0.15) is 0 Å². The van der Waals surface area contributed by atoms with Crippen LogP contribution in [0.25, 0.3) is 0 Å². The summed E-state index contributed by atoms with van der Waals surface area (Å²) < 4.78 is 0. The van der Waals surface area contributed by atoms with Gasteiger partial charge in [0.2, 0.25) is 5.91 Å². The van der Waals surface area contributed by atoms with Crippen LogP contribution in [0.2, 0.25) is 0 Å². The van der Waals surface area contributed by atoms with Gasteiger partial charge in [-0.05, 0) is 38.8 Å². The maximum absolute atomic E-state index is 11.7. The minimum absolute atomic E-state index is 0.116. The van der Waals surface area contributed by atoms with Gasteiger partial charge in [0.15, 0.2) is 0 Å². The maximum atomic E-state index is 11.7. The fraction of sp³-hybridized carbons (Fsp3) is 0.786. The van der Waals surface area contributed by atoms with Gasteiger partial charge in [-0.25, -0.2) is 4.79 Å². The summed E-state index contributed by atoms with van der Waals surface area (Å²) in [5.74, 6) is -0.837. The summed E-state index contributed by atoms with van der Waals surface area (Å²) >= 11 is 0. The summed E-state index contributed by atoms with van der Waals surface area (Å²) in [7, 11) is 0. The van der Waals surface area contributed by atoms with Crippen LogP contribution in [0.1, 0.15) is 33.6 Å². The predicted molar refractivity (Wildman–Crippen MR) is 77.8 cm³/mol. The Labute approximate surface area is 125 Å². The molecule has 1 rings (SSSR count). The van der Waals surface area contributed by atoms with Gasteiger partial charge >= 0.3 is 12.0 Å². The highest BCUT2D eigenvalue weighted by molar-refractivity contribution is 5.95. The first-order valence-electron chi connectivity index (χ1n) is 7.26. The number of carboxylic acids is 1. The van der Waals surface area contributed by atoms with Crippen molar-refractivity contribution in [2.24, 2.45) is 11.3 Å². The van der Waals surface area contributed by atoms with Crippen molar-refractivity contribution in [1.29, 1.82) is 0 Å². The molecule has 1 aliphatic rings. The Hall–Kier alpha value is -1.63. The summed E-state index contributed by atoms with van der Waals surface area (Å²) in [6, 6.07) is -0.485. The van der Waals surface area contributed by atoms with Crippen LogP contribution in [-0.2, 0) is 9.59 Å². The number of aliphatic carboxylic acids is 1. The molecule has 1 heterocycles. The van der Waals surface area contributed by atoms with Gasteiger partial charge in [0.05, 0.1) is 12.0 Å². The van der Waals surface area contributed by atoms with Crippen LogP contribution >= 0.6 is 0 Å². The molecule has 1 saturated heterocycles. The highest BCUT2D eigenvalue weighted by Gasteiger charge is 2.37. The van der Waals surface area contributed by atoms with Crippen LogP contribution < -0.4 is 10.6 Å². The van der Waals surface area contributed by atoms with Crippen molar-refractivity contribution in [2.45, 2.75) is 33.6 Å². The van der Waals surface area contributed by atoms with E-state index < -0.39 is 17.4 Å². The minimum atomic E-state index is -0.792. The molecule has 0 aromatic heterocycles. The molecule has 3 amide bonds. The third-order valence-electron chi connectivity index (χ3n) is 3.77. The van der Waals surface area contributed by atoms with Gasteiger partial charge in [-0.3, -0.25) is 19.8 Å². The van der Waals surface area contributed by atoms with Crippen LogP contribution in [0, 0.1) is 11.3 Å². The Morgan fingerprint density at radius 3 is 2.29 bits per heavy atom. The molecule has 0 aromatic rings. The van der Waals surface area contributed by atoms with E-state index in [-0.39, 0.29) is 12.5 Å². The van der Waals surface area contributed by atoms with Crippen LogP contribution in [-0.4, -0.2) is 54.1 Å². The molecule has 0 aliphatic carbocycles. The number of carbonyl (C=O) groups is 3. The van der Waals surface area contributed by atoms with Crippen LogP contribution in [0.3, 0.4) is 0 Å². The van der Waals surface area contributed by atoms with Crippen molar-refractivity contribution in [2.75, 3.05) is 26.2 Å². The van der Waals surface area contributed by atoms with Crippen LogP contribution in [0.15, 0.2) is 0 Å². The monoisotopic (exact) mass is 299 g/mol. The lowest BCUT2D eigenvalue weighted by atomic mass is 9.80. The van der Waals surface area contributed by atoms with E-state index in [4.69, 9.17) is 5.11 Å².